The van der Waals surface area contributed by atoms with Gasteiger partial charge in [0.2, 0.25) is 11.9 Å². The molecule has 1 saturated carbocycles. The Hall–Kier alpha value is -5.00. The van der Waals surface area contributed by atoms with Crippen molar-refractivity contribution < 1.29 is 18.4 Å². The van der Waals surface area contributed by atoms with E-state index in [1.54, 1.807) is 28.9 Å². The lowest BCUT2D eigenvalue weighted by Gasteiger charge is -2.29. The molecule has 1 unspecified atom stereocenters. The molecule has 0 spiro atoms. The summed E-state index contributed by atoms with van der Waals surface area (Å²) in [4.78, 5) is 40.4. The molecule has 0 bridgehead atoms. The second-order valence-electron chi connectivity index (χ2n) is 11.4. The van der Waals surface area contributed by atoms with Crippen LogP contribution in [0.4, 0.5) is 14.6 Å². The number of imidazole rings is 2. The van der Waals surface area contributed by atoms with Gasteiger partial charge in [0, 0.05) is 42.4 Å². The third-order valence-electron chi connectivity index (χ3n) is 8.01. The van der Waals surface area contributed by atoms with Crippen LogP contribution in [0.1, 0.15) is 36.5 Å². The first-order chi connectivity index (χ1) is 20.2. The quantitative estimate of drug-likeness (QED) is 0.311. The molecule has 212 valence electrons. The molecule has 5 aromatic rings. The maximum atomic E-state index is 13.8. The maximum Gasteiger partial charge on any atom is 0.257 e. The number of nitrogens with zero attached hydrogens (tertiary/aromatic N) is 7. The standard InChI is InChI=1S/C30H26F2N8O2/c1-30(2)14-20(30)29(42)38-11-12-39-25(16-38)36-26(17-3-5-19(31)6-4-17)27(39)21-7-8-24-34-23(15-40(24)37-21)35-28(41)18-9-10-33-22(32)13-18/h3-10,13,15,20H,11-12,14,16H2,1-2H3,(H,35,41). The van der Waals surface area contributed by atoms with Crippen molar-refractivity contribution in [1.29, 1.82) is 0 Å². The highest BCUT2D eigenvalue weighted by atomic mass is 19.1. The van der Waals surface area contributed by atoms with Gasteiger partial charge < -0.3 is 14.8 Å². The number of pyridine rings is 1. The molecule has 42 heavy (non-hydrogen) atoms. The molecular formula is C30H26F2N8O2. The Bertz CT molecular complexity index is 1880. The first-order valence-corrected chi connectivity index (χ1v) is 13.6. The minimum atomic E-state index is -0.756. The molecule has 5 heterocycles. The van der Waals surface area contributed by atoms with Crippen LogP contribution < -0.4 is 5.32 Å². The lowest BCUT2D eigenvalue weighted by Crippen LogP contribution is -2.40. The Labute approximate surface area is 239 Å². The molecule has 0 radical (unpaired) electrons. The van der Waals surface area contributed by atoms with Gasteiger partial charge in [-0.05, 0) is 54.3 Å². The number of aromatic nitrogens is 6. The fourth-order valence-electron chi connectivity index (χ4n) is 5.50. The van der Waals surface area contributed by atoms with Crippen molar-refractivity contribution in [1.82, 2.24) is 34.0 Å². The van der Waals surface area contributed by atoms with E-state index in [2.05, 4.69) is 33.7 Å². The Morgan fingerprint density at radius 1 is 1.02 bits per heavy atom. The highest BCUT2D eigenvalue weighted by molar-refractivity contribution is 6.03. The van der Waals surface area contributed by atoms with E-state index < -0.39 is 11.9 Å². The van der Waals surface area contributed by atoms with Crippen molar-refractivity contribution in [3.05, 3.63) is 84.1 Å². The zero-order valence-corrected chi connectivity index (χ0v) is 22.9. The summed E-state index contributed by atoms with van der Waals surface area (Å²) in [7, 11) is 0. The molecule has 1 N–H and O–H groups in total. The second-order valence-corrected chi connectivity index (χ2v) is 11.4. The van der Waals surface area contributed by atoms with Gasteiger partial charge in [0.1, 0.15) is 17.3 Å². The number of fused-ring (bicyclic) bond motifs is 2. The van der Waals surface area contributed by atoms with E-state index in [0.717, 1.165) is 29.6 Å². The van der Waals surface area contributed by atoms with Crippen LogP contribution in [0.2, 0.25) is 0 Å². The van der Waals surface area contributed by atoms with Crippen molar-refractivity contribution in [3.8, 4) is 22.6 Å². The fraction of sp³-hybridized carbons (Fsp3) is 0.267. The van der Waals surface area contributed by atoms with Crippen molar-refractivity contribution in [2.45, 2.75) is 33.4 Å². The number of nitrogens with one attached hydrogen (secondary N) is 1. The van der Waals surface area contributed by atoms with Gasteiger partial charge in [-0.2, -0.15) is 9.49 Å². The van der Waals surface area contributed by atoms with Crippen LogP contribution >= 0.6 is 0 Å². The summed E-state index contributed by atoms with van der Waals surface area (Å²) in [5.74, 6) is -0.476. The van der Waals surface area contributed by atoms with E-state index in [0.29, 0.717) is 36.7 Å². The average Bonchev–Trinajstić information content (AvgIpc) is 3.28. The van der Waals surface area contributed by atoms with Crippen molar-refractivity contribution in [2.75, 3.05) is 11.9 Å². The molecule has 1 atom stereocenters. The van der Waals surface area contributed by atoms with Crippen molar-refractivity contribution in [3.63, 3.8) is 0 Å². The first kappa shape index (κ1) is 25.9. The number of carbonyl (C=O) groups excluding carboxylic acids is 2. The number of benzene rings is 1. The normalized spacial score (nSPS) is 17.2. The number of anilines is 1. The minimum Gasteiger partial charge on any atom is -0.333 e. The van der Waals surface area contributed by atoms with E-state index in [1.807, 2.05) is 11.0 Å². The molecule has 1 fully saturated rings. The summed E-state index contributed by atoms with van der Waals surface area (Å²) in [5, 5.41) is 7.43. The number of amides is 2. The zero-order chi connectivity index (χ0) is 29.2. The number of hydrogen-bond acceptors (Lipinski definition) is 6. The van der Waals surface area contributed by atoms with Gasteiger partial charge in [-0.25, -0.2) is 23.9 Å². The highest BCUT2D eigenvalue weighted by Gasteiger charge is 2.52. The molecule has 4 aromatic heterocycles. The topological polar surface area (TPSA) is 110 Å². The van der Waals surface area contributed by atoms with Crippen molar-refractivity contribution >= 4 is 23.3 Å². The lowest BCUT2D eigenvalue weighted by molar-refractivity contribution is -0.134. The van der Waals surface area contributed by atoms with Gasteiger partial charge in [0.15, 0.2) is 11.5 Å². The lowest BCUT2D eigenvalue weighted by atomic mass is 10.1. The van der Waals surface area contributed by atoms with Gasteiger partial charge in [-0.1, -0.05) is 13.8 Å². The van der Waals surface area contributed by atoms with Gasteiger partial charge in [-0.15, -0.1) is 0 Å². The van der Waals surface area contributed by atoms with E-state index in [-0.39, 0.29) is 34.4 Å². The van der Waals surface area contributed by atoms with Crippen LogP contribution in [0.3, 0.4) is 0 Å². The molecular weight excluding hydrogens is 542 g/mol. The third-order valence-corrected chi connectivity index (χ3v) is 8.01. The van der Waals surface area contributed by atoms with E-state index in [4.69, 9.17) is 10.1 Å². The van der Waals surface area contributed by atoms with E-state index in [9.17, 15) is 18.4 Å². The smallest absolute Gasteiger partial charge is 0.257 e. The summed E-state index contributed by atoms with van der Waals surface area (Å²) < 4.78 is 30.9. The number of carbonyl (C=O) groups is 2. The second kappa shape index (κ2) is 9.54. The predicted molar refractivity (Wildman–Crippen MR) is 149 cm³/mol. The molecule has 7 rings (SSSR count). The molecule has 12 heteroatoms. The molecule has 1 aliphatic heterocycles. The Morgan fingerprint density at radius 3 is 2.55 bits per heavy atom. The van der Waals surface area contributed by atoms with Gasteiger partial charge in [0.25, 0.3) is 5.91 Å². The summed E-state index contributed by atoms with van der Waals surface area (Å²) in [5.41, 5.74) is 3.32. The Balaban J connectivity index is 1.24. The maximum absolute atomic E-state index is 13.8. The zero-order valence-electron chi connectivity index (χ0n) is 22.9. The summed E-state index contributed by atoms with van der Waals surface area (Å²) in [6, 6.07) is 12.2. The predicted octanol–water partition coefficient (Wildman–Crippen LogP) is 4.57. The minimum absolute atomic E-state index is 0.0331. The monoisotopic (exact) mass is 568 g/mol. The van der Waals surface area contributed by atoms with Gasteiger partial charge in [0.05, 0.1) is 24.1 Å². The van der Waals surface area contributed by atoms with Crippen LogP contribution in [0, 0.1) is 23.1 Å². The first-order valence-electron chi connectivity index (χ1n) is 13.6. The number of rotatable bonds is 5. The number of halogens is 2. The van der Waals surface area contributed by atoms with E-state index >= 15 is 0 Å². The summed E-state index contributed by atoms with van der Waals surface area (Å²) in [6.07, 6.45) is 3.67. The van der Waals surface area contributed by atoms with Crippen LogP contribution in [0.5, 0.6) is 0 Å². The average molecular weight is 569 g/mol. The van der Waals surface area contributed by atoms with Crippen LogP contribution in [0.25, 0.3) is 28.3 Å². The third kappa shape index (κ3) is 4.58. The molecule has 10 nitrogen and oxygen atoms in total. The highest BCUT2D eigenvalue weighted by Crippen LogP contribution is 2.52. The van der Waals surface area contributed by atoms with Gasteiger partial charge in [-0.3, -0.25) is 9.59 Å². The summed E-state index contributed by atoms with van der Waals surface area (Å²) in [6.45, 7) is 5.67. The SMILES string of the molecule is CC1(C)CC1C(=O)N1CCn2c(nc(-c3ccc(F)cc3)c2-c2ccc3nc(NC(=O)c4ccnc(F)c4)cn3n2)C1. The molecule has 1 aromatic carbocycles. The Morgan fingerprint density at radius 2 is 1.81 bits per heavy atom. The van der Waals surface area contributed by atoms with Crippen LogP contribution in [-0.4, -0.2) is 52.4 Å². The Kier molecular flexibility index (Phi) is 5.89. The van der Waals surface area contributed by atoms with Crippen molar-refractivity contribution in [2.24, 2.45) is 11.3 Å². The van der Waals surface area contributed by atoms with Gasteiger partial charge >= 0.3 is 0 Å². The fourth-order valence-corrected chi connectivity index (χ4v) is 5.50. The van der Waals surface area contributed by atoms with Crippen LogP contribution in [-0.2, 0) is 17.9 Å². The molecule has 0 saturated heterocycles. The van der Waals surface area contributed by atoms with Crippen LogP contribution in [0.15, 0.2) is 60.9 Å². The molecule has 2 aliphatic rings. The van der Waals surface area contributed by atoms with E-state index in [1.165, 1.54) is 24.4 Å². The largest absolute Gasteiger partial charge is 0.333 e. The molecule has 2 amide bonds. The molecule has 1 aliphatic carbocycles. The number of hydrogen-bond donors (Lipinski definition) is 1. The summed E-state index contributed by atoms with van der Waals surface area (Å²) >= 11 is 0.